The van der Waals surface area contributed by atoms with Gasteiger partial charge in [-0.1, -0.05) is 18.2 Å². The molecular weight excluding hydrogens is 389 g/mol. The summed E-state index contributed by atoms with van der Waals surface area (Å²) in [6.45, 7) is 1.32. The van der Waals surface area contributed by atoms with Gasteiger partial charge in [0.1, 0.15) is 11.6 Å². The van der Waals surface area contributed by atoms with Crippen LogP contribution in [0.3, 0.4) is 0 Å². The summed E-state index contributed by atoms with van der Waals surface area (Å²) in [4.78, 5) is 22.2. The summed E-state index contributed by atoms with van der Waals surface area (Å²) in [6.07, 6.45) is -3.68. The molecule has 0 spiro atoms. The number of rotatable bonds is 7. The summed E-state index contributed by atoms with van der Waals surface area (Å²) in [5, 5.41) is 4.92. The Morgan fingerprint density at radius 3 is 2.21 bits per heavy atom. The maximum absolute atomic E-state index is 14.0. The van der Waals surface area contributed by atoms with E-state index in [-0.39, 0.29) is 30.7 Å². The van der Waals surface area contributed by atoms with E-state index < -0.39 is 17.5 Å². The molecule has 0 aliphatic carbocycles. The fourth-order valence-electron chi connectivity index (χ4n) is 2.02. The SMILES string of the molecule is CC(=O)NCC(=O)NCc1ccc(OC(F)(F)c2cccc(F)c2)cc1.COC. The zero-order chi connectivity index (χ0) is 21.9. The van der Waals surface area contributed by atoms with Gasteiger partial charge in [-0.25, -0.2) is 4.39 Å². The lowest BCUT2D eigenvalue weighted by Crippen LogP contribution is -2.35. The van der Waals surface area contributed by atoms with E-state index in [4.69, 9.17) is 0 Å². The first kappa shape index (κ1) is 24.0. The molecule has 29 heavy (non-hydrogen) atoms. The molecule has 0 aliphatic heterocycles. The fraction of sp³-hybridized carbons (Fsp3) is 0.300. The average Bonchev–Trinajstić information content (AvgIpc) is 2.66. The van der Waals surface area contributed by atoms with E-state index in [1.807, 2.05) is 0 Å². The molecule has 0 heterocycles. The number of ether oxygens (including phenoxy) is 2. The summed E-state index contributed by atoms with van der Waals surface area (Å²) in [7, 11) is 3.25. The maximum Gasteiger partial charge on any atom is 0.426 e. The Balaban J connectivity index is 0.00000132. The van der Waals surface area contributed by atoms with Crippen LogP contribution in [-0.2, 0) is 27.0 Å². The van der Waals surface area contributed by atoms with Crippen LogP contribution in [-0.4, -0.2) is 32.6 Å². The van der Waals surface area contributed by atoms with Crippen molar-refractivity contribution in [2.24, 2.45) is 0 Å². The highest BCUT2D eigenvalue weighted by molar-refractivity contribution is 5.83. The summed E-state index contributed by atoms with van der Waals surface area (Å²) in [6, 6.07) is 9.68. The summed E-state index contributed by atoms with van der Waals surface area (Å²) in [5.41, 5.74) is 0.0643. The van der Waals surface area contributed by atoms with Crippen molar-refractivity contribution in [2.45, 2.75) is 19.6 Å². The van der Waals surface area contributed by atoms with Crippen LogP contribution in [0.1, 0.15) is 18.1 Å². The molecule has 0 bridgehead atoms. The lowest BCUT2D eigenvalue weighted by Gasteiger charge is -2.18. The van der Waals surface area contributed by atoms with Gasteiger partial charge in [0.15, 0.2) is 0 Å². The highest BCUT2D eigenvalue weighted by Gasteiger charge is 2.34. The first-order valence-corrected chi connectivity index (χ1v) is 8.51. The average molecular weight is 412 g/mol. The number of hydrogen-bond acceptors (Lipinski definition) is 4. The van der Waals surface area contributed by atoms with Gasteiger partial charge in [0, 0.05) is 27.7 Å². The van der Waals surface area contributed by atoms with Gasteiger partial charge in [-0.3, -0.25) is 9.59 Å². The highest BCUT2D eigenvalue weighted by Crippen LogP contribution is 2.31. The normalized spacial score (nSPS) is 10.4. The highest BCUT2D eigenvalue weighted by atomic mass is 19.3. The zero-order valence-electron chi connectivity index (χ0n) is 16.3. The first-order chi connectivity index (χ1) is 13.7. The van der Waals surface area contributed by atoms with E-state index in [9.17, 15) is 22.8 Å². The van der Waals surface area contributed by atoms with Crippen LogP contribution in [0.2, 0.25) is 0 Å². The van der Waals surface area contributed by atoms with Crippen LogP contribution in [0.25, 0.3) is 0 Å². The number of hydrogen-bond donors (Lipinski definition) is 2. The number of benzene rings is 2. The van der Waals surface area contributed by atoms with Gasteiger partial charge >= 0.3 is 6.11 Å². The van der Waals surface area contributed by atoms with Gasteiger partial charge in [-0.05, 0) is 35.9 Å². The molecule has 158 valence electrons. The Labute approximate surface area is 167 Å². The minimum Gasteiger partial charge on any atom is -0.429 e. The predicted molar refractivity (Wildman–Crippen MR) is 101 cm³/mol. The second-order valence-electron chi connectivity index (χ2n) is 5.87. The predicted octanol–water partition coefficient (Wildman–Crippen LogP) is 2.97. The topological polar surface area (TPSA) is 76.7 Å². The van der Waals surface area contributed by atoms with Crippen molar-refractivity contribution in [3.05, 3.63) is 65.5 Å². The molecule has 2 rings (SSSR count). The Morgan fingerprint density at radius 1 is 1.03 bits per heavy atom. The standard InChI is InChI=1S/C18H17F3N2O3.C2H6O/c1-12(24)22-11-17(25)23-10-13-5-7-16(8-6-13)26-18(20,21)14-3-2-4-15(19)9-14;1-3-2/h2-9H,10-11H2,1H3,(H,22,24)(H,23,25);1-2H3. The van der Waals surface area contributed by atoms with Crippen LogP contribution in [0.4, 0.5) is 13.2 Å². The van der Waals surface area contributed by atoms with Crippen LogP contribution in [0, 0.1) is 5.82 Å². The van der Waals surface area contributed by atoms with Crippen molar-refractivity contribution >= 4 is 11.8 Å². The molecule has 0 saturated carbocycles. The largest absolute Gasteiger partial charge is 0.429 e. The molecule has 2 N–H and O–H groups in total. The number of alkyl halides is 2. The molecule has 0 radical (unpaired) electrons. The van der Waals surface area contributed by atoms with Crippen molar-refractivity contribution in [2.75, 3.05) is 20.8 Å². The molecule has 0 saturated heterocycles. The van der Waals surface area contributed by atoms with E-state index in [1.165, 1.54) is 37.3 Å². The van der Waals surface area contributed by atoms with Gasteiger partial charge in [-0.15, -0.1) is 0 Å². The smallest absolute Gasteiger partial charge is 0.426 e. The van der Waals surface area contributed by atoms with Crippen molar-refractivity contribution in [1.82, 2.24) is 10.6 Å². The third-order valence-electron chi connectivity index (χ3n) is 3.32. The Kier molecular flexibility index (Phi) is 9.67. The van der Waals surface area contributed by atoms with E-state index >= 15 is 0 Å². The first-order valence-electron chi connectivity index (χ1n) is 8.51. The second-order valence-corrected chi connectivity index (χ2v) is 5.87. The molecule has 6 nitrogen and oxygen atoms in total. The molecular formula is C20H23F3N2O4. The lowest BCUT2D eigenvalue weighted by molar-refractivity contribution is -0.185. The molecule has 0 fully saturated rings. The fourth-order valence-corrected chi connectivity index (χ4v) is 2.02. The van der Waals surface area contributed by atoms with Gasteiger partial charge in [0.05, 0.1) is 12.1 Å². The van der Waals surface area contributed by atoms with Gasteiger partial charge in [0.25, 0.3) is 0 Å². The minimum absolute atomic E-state index is 0.104. The molecule has 2 amide bonds. The van der Waals surface area contributed by atoms with Crippen molar-refractivity contribution in [3.63, 3.8) is 0 Å². The molecule has 2 aromatic rings. The third kappa shape index (κ3) is 9.11. The van der Waals surface area contributed by atoms with E-state index in [2.05, 4.69) is 20.1 Å². The van der Waals surface area contributed by atoms with E-state index in [0.717, 1.165) is 12.1 Å². The summed E-state index contributed by atoms with van der Waals surface area (Å²) in [5.74, 6) is -1.58. The van der Waals surface area contributed by atoms with Crippen LogP contribution < -0.4 is 15.4 Å². The second kappa shape index (κ2) is 11.7. The molecule has 0 atom stereocenters. The summed E-state index contributed by atoms with van der Waals surface area (Å²) < 4.78 is 50.1. The number of carbonyl (C=O) groups is 2. The van der Waals surface area contributed by atoms with Crippen molar-refractivity contribution in [1.29, 1.82) is 0 Å². The quantitative estimate of drug-likeness (QED) is 0.733. The van der Waals surface area contributed by atoms with E-state index in [1.54, 1.807) is 14.2 Å². The van der Waals surface area contributed by atoms with E-state index in [0.29, 0.717) is 11.6 Å². The van der Waals surface area contributed by atoms with Gasteiger partial charge in [-0.2, -0.15) is 8.78 Å². The van der Waals surface area contributed by atoms with Crippen molar-refractivity contribution in [3.8, 4) is 5.75 Å². The zero-order valence-corrected chi connectivity index (χ0v) is 16.3. The van der Waals surface area contributed by atoms with Crippen LogP contribution >= 0.6 is 0 Å². The number of carbonyl (C=O) groups excluding carboxylic acids is 2. The van der Waals surface area contributed by atoms with Crippen molar-refractivity contribution < 1.29 is 32.2 Å². The van der Waals surface area contributed by atoms with Crippen LogP contribution in [0.5, 0.6) is 5.75 Å². The minimum atomic E-state index is -3.68. The molecule has 0 aromatic heterocycles. The van der Waals surface area contributed by atoms with Crippen LogP contribution in [0.15, 0.2) is 48.5 Å². The Bertz CT molecular complexity index is 799. The third-order valence-corrected chi connectivity index (χ3v) is 3.32. The monoisotopic (exact) mass is 412 g/mol. The summed E-state index contributed by atoms with van der Waals surface area (Å²) >= 11 is 0. The number of nitrogens with one attached hydrogen (secondary N) is 2. The number of amides is 2. The molecule has 2 aromatic carbocycles. The Hall–Kier alpha value is -3.07. The Morgan fingerprint density at radius 2 is 1.66 bits per heavy atom. The lowest BCUT2D eigenvalue weighted by atomic mass is 10.2. The maximum atomic E-state index is 14.0. The molecule has 0 unspecified atom stereocenters. The van der Waals surface area contributed by atoms with Gasteiger partial charge < -0.3 is 20.1 Å². The molecule has 0 aliphatic rings. The number of methoxy groups -OCH3 is 1. The number of halogens is 3. The van der Waals surface area contributed by atoms with Gasteiger partial charge in [0.2, 0.25) is 11.8 Å². The molecule has 9 heteroatoms.